The van der Waals surface area contributed by atoms with Crippen LogP contribution in [0, 0.1) is 5.92 Å². The smallest absolute Gasteiger partial charge is 0.326 e. The van der Waals surface area contributed by atoms with Crippen LogP contribution in [0.5, 0.6) is 0 Å². The maximum atomic E-state index is 12.2. The van der Waals surface area contributed by atoms with Crippen molar-refractivity contribution >= 4 is 17.8 Å². The van der Waals surface area contributed by atoms with E-state index in [4.69, 9.17) is 0 Å². The van der Waals surface area contributed by atoms with Gasteiger partial charge in [-0.15, -0.1) is 0 Å². The summed E-state index contributed by atoms with van der Waals surface area (Å²) in [7, 11) is 0. The minimum Gasteiger partial charge on any atom is -0.480 e. The molecule has 2 saturated heterocycles. The van der Waals surface area contributed by atoms with Gasteiger partial charge in [-0.2, -0.15) is 0 Å². The van der Waals surface area contributed by atoms with Gasteiger partial charge in [0.1, 0.15) is 6.04 Å². The van der Waals surface area contributed by atoms with Crippen molar-refractivity contribution in [3.05, 3.63) is 0 Å². The van der Waals surface area contributed by atoms with Crippen molar-refractivity contribution in [1.82, 2.24) is 9.80 Å². The van der Waals surface area contributed by atoms with E-state index in [2.05, 4.69) is 0 Å². The van der Waals surface area contributed by atoms with Crippen molar-refractivity contribution in [3.8, 4) is 0 Å². The number of rotatable bonds is 3. The summed E-state index contributed by atoms with van der Waals surface area (Å²) in [4.78, 5) is 38.0. The average molecular weight is 268 g/mol. The van der Waals surface area contributed by atoms with Gasteiger partial charge in [0, 0.05) is 19.5 Å². The molecule has 2 unspecified atom stereocenters. The third-order valence-corrected chi connectivity index (χ3v) is 4.00. The van der Waals surface area contributed by atoms with Gasteiger partial charge < -0.3 is 14.9 Å². The molecule has 0 aromatic rings. The van der Waals surface area contributed by atoms with Crippen molar-refractivity contribution in [2.24, 2.45) is 5.92 Å². The molecule has 2 aliphatic heterocycles. The van der Waals surface area contributed by atoms with Crippen molar-refractivity contribution in [1.29, 1.82) is 0 Å². The third kappa shape index (κ3) is 2.88. The molecule has 0 aromatic heterocycles. The number of aliphatic carboxylic acids is 1. The molecule has 19 heavy (non-hydrogen) atoms. The van der Waals surface area contributed by atoms with Crippen LogP contribution in [0.15, 0.2) is 0 Å². The maximum absolute atomic E-state index is 12.2. The van der Waals surface area contributed by atoms with Gasteiger partial charge >= 0.3 is 5.97 Å². The van der Waals surface area contributed by atoms with Crippen LogP contribution < -0.4 is 0 Å². The number of carbonyl (C=O) groups is 3. The number of carbonyl (C=O) groups excluding carboxylic acids is 2. The van der Waals surface area contributed by atoms with Crippen molar-refractivity contribution in [2.75, 3.05) is 19.6 Å². The second-order valence-corrected chi connectivity index (χ2v) is 5.41. The fourth-order valence-corrected chi connectivity index (χ4v) is 2.97. The van der Waals surface area contributed by atoms with Gasteiger partial charge in [0.25, 0.3) is 0 Å². The van der Waals surface area contributed by atoms with Crippen molar-refractivity contribution in [2.45, 2.75) is 38.6 Å². The number of nitrogens with zero attached hydrogens (tertiary/aromatic N) is 2. The van der Waals surface area contributed by atoms with Gasteiger partial charge in [0.05, 0.1) is 6.54 Å². The zero-order valence-electron chi connectivity index (χ0n) is 11.2. The highest BCUT2D eigenvalue weighted by Crippen LogP contribution is 2.24. The Bertz CT molecular complexity index is 396. The summed E-state index contributed by atoms with van der Waals surface area (Å²) in [6.07, 6.45) is 2.92. The lowest BCUT2D eigenvalue weighted by molar-refractivity contribution is -0.155. The minimum absolute atomic E-state index is 0.00900. The highest BCUT2D eigenvalue weighted by atomic mass is 16.4. The Labute approximate surface area is 112 Å². The maximum Gasteiger partial charge on any atom is 0.326 e. The average Bonchev–Trinajstić information content (AvgIpc) is 2.74. The molecule has 0 bridgehead atoms. The van der Waals surface area contributed by atoms with Gasteiger partial charge in [0.15, 0.2) is 0 Å². The van der Waals surface area contributed by atoms with Crippen LogP contribution in [-0.2, 0) is 14.4 Å². The van der Waals surface area contributed by atoms with Gasteiger partial charge in [-0.1, -0.05) is 6.92 Å². The largest absolute Gasteiger partial charge is 0.480 e. The topological polar surface area (TPSA) is 77.9 Å². The van der Waals surface area contributed by atoms with Crippen molar-refractivity contribution < 1.29 is 19.5 Å². The van der Waals surface area contributed by atoms with E-state index in [-0.39, 0.29) is 24.3 Å². The summed E-state index contributed by atoms with van der Waals surface area (Å²) >= 11 is 0. The first kappa shape index (κ1) is 13.8. The molecule has 0 radical (unpaired) electrons. The first-order valence-electron chi connectivity index (χ1n) is 6.80. The Kier molecular flexibility index (Phi) is 4.07. The number of hydrogen-bond donors (Lipinski definition) is 1. The minimum atomic E-state index is -0.951. The summed E-state index contributed by atoms with van der Waals surface area (Å²) in [5.74, 6) is -1.24. The number of carboxylic acids is 1. The van der Waals surface area contributed by atoms with E-state index in [0.29, 0.717) is 19.5 Å². The van der Waals surface area contributed by atoms with Crippen LogP contribution in [0.2, 0.25) is 0 Å². The second-order valence-electron chi connectivity index (χ2n) is 5.41. The molecule has 2 rings (SSSR count). The Balaban J connectivity index is 2.03. The summed E-state index contributed by atoms with van der Waals surface area (Å²) < 4.78 is 0. The Hall–Kier alpha value is -1.59. The Morgan fingerprint density at radius 1 is 1.32 bits per heavy atom. The highest BCUT2D eigenvalue weighted by molar-refractivity contribution is 5.88. The van der Waals surface area contributed by atoms with E-state index in [1.165, 1.54) is 9.80 Å². The molecule has 2 aliphatic rings. The monoisotopic (exact) mass is 268 g/mol. The third-order valence-electron chi connectivity index (χ3n) is 4.00. The SMILES string of the molecule is CC1CCCN(C(=O)CN2CCCC2=O)C1C(=O)O. The quantitative estimate of drug-likeness (QED) is 0.799. The second kappa shape index (κ2) is 5.59. The first-order valence-corrected chi connectivity index (χ1v) is 6.80. The lowest BCUT2D eigenvalue weighted by Crippen LogP contribution is -2.54. The summed E-state index contributed by atoms with van der Waals surface area (Å²) in [6.45, 7) is 2.96. The zero-order valence-corrected chi connectivity index (χ0v) is 11.2. The molecule has 106 valence electrons. The highest BCUT2D eigenvalue weighted by Gasteiger charge is 2.37. The number of hydrogen-bond acceptors (Lipinski definition) is 3. The van der Waals surface area contributed by atoms with E-state index < -0.39 is 12.0 Å². The molecule has 2 fully saturated rings. The summed E-state index contributed by atoms with van der Waals surface area (Å²) in [5.41, 5.74) is 0. The molecule has 0 saturated carbocycles. The van der Waals surface area contributed by atoms with Gasteiger partial charge in [-0.05, 0) is 25.2 Å². The van der Waals surface area contributed by atoms with Crippen LogP contribution in [0.3, 0.4) is 0 Å². The predicted molar refractivity (Wildman–Crippen MR) is 67.3 cm³/mol. The molecule has 6 heteroatoms. The fraction of sp³-hybridized carbons (Fsp3) is 0.769. The predicted octanol–water partition coefficient (Wildman–Crippen LogP) is 0.321. The molecule has 2 atom stereocenters. The lowest BCUT2D eigenvalue weighted by atomic mass is 9.90. The fourth-order valence-electron chi connectivity index (χ4n) is 2.97. The molecule has 2 amide bonds. The molecular formula is C13H20N2O4. The molecule has 0 aliphatic carbocycles. The molecule has 0 spiro atoms. The number of carboxylic acid groups (broad SMARTS) is 1. The first-order chi connectivity index (χ1) is 9.00. The van der Waals surface area contributed by atoms with Crippen LogP contribution in [0.4, 0.5) is 0 Å². The van der Waals surface area contributed by atoms with Gasteiger partial charge in [-0.3, -0.25) is 9.59 Å². The van der Waals surface area contributed by atoms with E-state index in [1.54, 1.807) is 0 Å². The van der Waals surface area contributed by atoms with E-state index in [9.17, 15) is 19.5 Å². The Morgan fingerprint density at radius 2 is 2.05 bits per heavy atom. The molecule has 6 nitrogen and oxygen atoms in total. The van der Waals surface area contributed by atoms with Crippen LogP contribution in [0.25, 0.3) is 0 Å². The van der Waals surface area contributed by atoms with Crippen LogP contribution >= 0.6 is 0 Å². The molecule has 0 aromatic carbocycles. The molecular weight excluding hydrogens is 248 g/mol. The van der Waals surface area contributed by atoms with E-state index >= 15 is 0 Å². The Morgan fingerprint density at radius 3 is 2.63 bits per heavy atom. The normalized spacial score (nSPS) is 27.7. The van der Waals surface area contributed by atoms with E-state index in [0.717, 1.165) is 19.3 Å². The molecule has 2 heterocycles. The van der Waals surface area contributed by atoms with E-state index in [1.807, 2.05) is 6.92 Å². The van der Waals surface area contributed by atoms with Gasteiger partial charge in [0.2, 0.25) is 11.8 Å². The standard InChI is InChI=1S/C13H20N2O4/c1-9-4-2-7-15(12(9)13(18)19)11(17)8-14-6-3-5-10(14)16/h9,12H,2-8H2,1H3,(H,18,19). The van der Waals surface area contributed by atoms with Crippen LogP contribution in [-0.4, -0.2) is 58.4 Å². The van der Waals surface area contributed by atoms with Gasteiger partial charge in [-0.25, -0.2) is 4.79 Å². The number of amides is 2. The van der Waals surface area contributed by atoms with Crippen LogP contribution in [0.1, 0.15) is 32.6 Å². The summed E-state index contributed by atoms with van der Waals surface area (Å²) in [5, 5.41) is 9.27. The summed E-state index contributed by atoms with van der Waals surface area (Å²) in [6, 6.07) is -0.751. The number of likely N-dealkylation sites (tertiary alicyclic amines) is 2. The number of piperidine rings is 1. The molecule has 1 N–H and O–H groups in total. The zero-order chi connectivity index (χ0) is 14.0. The van der Waals surface area contributed by atoms with Crippen molar-refractivity contribution in [3.63, 3.8) is 0 Å². The lowest BCUT2D eigenvalue weighted by Gasteiger charge is -2.38.